The number of aromatic nitrogens is 1. The van der Waals surface area contributed by atoms with Gasteiger partial charge in [0.1, 0.15) is 5.56 Å². The zero-order chi connectivity index (χ0) is 13.8. The Morgan fingerprint density at radius 1 is 1.20 bits per heavy atom. The van der Waals surface area contributed by atoms with Gasteiger partial charge in [0.2, 0.25) is 12.3 Å². The van der Waals surface area contributed by atoms with E-state index in [0.29, 0.717) is 0 Å². The van der Waals surface area contributed by atoms with Crippen molar-refractivity contribution in [2.24, 2.45) is 0 Å². The van der Waals surface area contributed by atoms with Crippen LogP contribution in [-0.4, -0.2) is 10.7 Å². The molecule has 0 aliphatic rings. The highest BCUT2D eigenvalue weighted by atomic mass is 79.9. The van der Waals surface area contributed by atoms with Crippen molar-refractivity contribution in [2.75, 3.05) is 0 Å². The molecule has 0 fully saturated rings. The van der Waals surface area contributed by atoms with E-state index in [1.54, 1.807) is 29.1 Å². The minimum atomic E-state index is -0.535. The van der Waals surface area contributed by atoms with Crippen molar-refractivity contribution in [3.8, 4) is 0 Å². The average molecular weight is 338 g/mol. The van der Waals surface area contributed by atoms with Gasteiger partial charge in [-0.05, 0) is 18.6 Å². The summed E-state index contributed by atoms with van der Waals surface area (Å²) in [5.74, 6) is -0.277. The first-order valence-corrected chi connectivity index (χ1v) is 5.80. The Hall–Kier alpha value is -2.08. The number of nitro benzene ring substituents is 1. The van der Waals surface area contributed by atoms with Gasteiger partial charge in [0, 0.05) is 18.2 Å². The average Bonchev–Trinajstić information content (AvgIpc) is 2.41. The van der Waals surface area contributed by atoms with Crippen LogP contribution in [-0.2, 0) is 6.54 Å². The summed E-state index contributed by atoms with van der Waals surface area (Å²) >= 11 is 0. The topological polar surface area (TPSA) is 64.1 Å². The molecule has 0 saturated carbocycles. The molecular weight excluding hydrogens is 324 g/mol. The quantitative estimate of drug-likeness (QED) is 0.373. The maximum Gasteiger partial charge on any atom is 0.280 e. The predicted molar refractivity (Wildman–Crippen MR) is 79.1 cm³/mol. The lowest BCUT2D eigenvalue weighted by Gasteiger charge is -2.00. The molecule has 0 atom stereocenters. The number of ketones is 1. The summed E-state index contributed by atoms with van der Waals surface area (Å²) < 4.78 is 1.70. The number of hydrogen-bond acceptors (Lipinski definition) is 3. The summed E-state index contributed by atoms with van der Waals surface area (Å²) in [5, 5.41) is 10.9. The third kappa shape index (κ3) is 3.71. The number of rotatable bonds is 4. The number of nitrogens with zero attached hydrogens (tertiary/aromatic N) is 2. The lowest BCUT2D eigenvalue weighted by atomic mass is 10.1. The fraction of sp³-hybridized carbons (Fsp3) is 0.143. The second-order valence-corrected chi connectivity index (χ2v) is 4.25. The number of carbonyl (C=O) groups is 1. The van der Waals surface area contributed by atoms with E-state index < -0.39 is 4.92 Å². The summed E-state index contributed by atoms with van der Waals surface area (Å²) in [4.78, 5) is 22.4. The second-order valence-electron chi connectivity index (χ2n) is 4.25. The Morgan fingerprint density at radius 3 is 2.40 bits per heavy atom. The van der Waals surface area contributed by atoms with Crippen LogP contribution in [0, 0.1) is 17.0 Å². The van der Waals surface area contributed by atoms with Crippen LogP contribution in [0.25, 0.3) is 0 Å². The molecule has 0 aliphatic carbocycles. The minimum Gasteiger partial charge on any atom is -0.287 e. The van der Waals surface area contributed by atoms with Crippen LogP contribution in [0.5, 0.6) is 0 Å². The number of halogens is 1. The molecule has 0 aliphatic heterocycles. The number of para-hydroxylation sites is 1. The molecule has 20 heavy (non-hydrogen) atoms. The van der Waals surface area contributed by atoms with Crippen molar-refractivity contribution >= 4 is 28.5 Å². The Labute approximate surface area is 126 Å². The van der Waals surface area contributed by atoms with Crippen molar-refractivity contribution in [1.29, 1.82) is 0 Å². The van der Waals surface area contributed by atoms with Crippen LogP contribution in [0.15, 0.2) is 48.8 Å². The van der Waals surface area contributed by atoms with Crippen LogP contribution in [0.3, 0.4) is 0 Å². The normalized spacial score (nSPS) is 9.65. The Bertz CT molecular complexity index is 627. The highest BCUT2D eigenvalue weighted by Gasteiger charge is 2.21. The van der Waals surface area contributed by atoms with E-state index in [4.69, 9.17) is 0 Å². The van der Waals surface area contributed by atoms with Gasteiger partial charge in [-0.2, -0.15) is 4.57 Å². The van der Waals surface area contributed by atoms with Gasteiger partial charge in [0.15, 0.2) is 12.4 Å². The van der Waals surface area contributed by atoms with E-state index >= 15 is 0 Å². The monoisotopic (exact) mass is 337 g/mol. The minimum absolute atomic E-state index is 0. The van der Waals surface area contributed by atoms with Crippen molar-refractivity contribution in [3.05, 3.63) is 70.0 Å². The number of nitro groups is 1. The van der Waals surface area contributed by atoms with Crippen molar-refractivity contribution in [3.63, 3.8) is 0 Å². The maximum atomic E-state index is 12.1. The third-order valence-corrected chi connectivity index (χ3v) is 2.79. The van der Waals surface area contributed by atoms with E-state index in [0.717, 1.165) is 5.56 Å². The molecule has 0 radical (unpaired) electrons. The summed E-state index contributed by atoms with van der Waals surface area (Å²) in [6, 6.07) is 9.76. The predicted octanol–water partition coefficient (Wildman–Crippen LogP) is 2.65. The standard InChI is InChI=1S/C14H13N2O3.BrH/c1-11-6-8-15(9-7-11)10-14(17)12-4-2-3-5-13(12)16(18)19;/h2-9H,10H2,1H3;1H/q+1;. The number of carbonyl (C=O) groups excluding carboxylic acids is 1. The maximum absolute atomic E-state index is 12.1. The molecule has 0 unspecified atom stereocenters. The molecule has 1 heterocycles. The van der Waals surface area contributed by atoms with Crippen molar-refractivity contribution in [1.82, 2.24) is 0 Å². The number of Topliss-reactive ketones (excluding diaryl/α,β-unsaturated/α-hetero) is 1. The Morgan fingerprint density at radius 2 is 1.80 bits per heavy atom. The summed E-state index contributed by atoms with van der Waals surface area (Å²) in [6.45, 7) is 2.04. The molecule has 6 heteroatoms. The lowest BCUT2D eigenvalue weighted by molar-refractivity contribution is -0.683. The molecule has 104 valence electrons. The highest BCUT2D eigenvalue weighted by Crippen LogP contribution is 2.17. The zero-order valence-electron chi connectivity index (χ0n) is 10.9. The zero-order valence-corrected chi connectivity index (χ0v) is 12.6. The second kappa shape index (κ2) is 6.91. The molecule has 0 N–H and O–H groups in total. The lowest BCUT2D eigenvalue weighted by Crippen LogP contribution is -2.37. The fourth-order valence-corrected chi connectivity index (χ4v) is 1.76. The summed E-state index contributed by atoms with van der Waals surface area (Å²) in [6.07, 6.45) is 3.56. The van der Waals surface area contributed by atoms with Crippen LogP contribution in [0.2, 0.25) is 0 Å². The van der Waals surface area contributed by atoms with Crippen molar-refractivity contribution < 1.29 is 14.3 Å². The molecule has 1 aromatic heterocycles. The van der Waals surface area contributed by atoms with Gasteiger partial charge in [-0.3, -0.25) is 14.9 Å². The van der Waals surface area contributed by atoms with E-state index in [9.17, 15) is 14.9 Å². The van der Waals surface area contributed by atoms with E-state index in [1.807, 2.05) is 19.1 Å². The summed E-state index contributed by atoms with van der Waals surface area (Å²) in [5.41, 5.74) is 1.08. The molecule has 0 amide bonds. The fourth-order valence-electron chi connectivity index (χ4n) is 1.76. The van der Waals surface area contributed by atoms with Crippen molar-refractivity contribution in [2.45, 2.75) is 13.5 Å². The molecular formula is C14H14BrN2O3+. The van der Waals surface area contributed by atoms with E-state index in [-0.39, 0.29) is 40.6 Å². The SMILES string of the molecule is Br.Cc1cc[n+](CC(=O)c2ccccc2[N+](=O)[O-])cc1. The number of pyridine rings is 1. The summed E-state index contributed by atoms with van der Waals surface area (Å²) in [7, 11) is 0. The first-order chi connectivity index (χ1) is 9.08. The Balaban J connectivity index is 0.00000200. The van der Waals surface area contributed by atoms with E-state index in [1.165, 1.54) is 12.1 Å². The van der Waals surface area contributed by atoms with Crippen LogP contribution >= 0.6 is 17.0 Å². The molecule has 0 spiro atoms. The third-order valence-electron chi connectivity index (χ3n) is 2.79. The molecule has 1 aromatic carbocycles. The molecule has 5 nitrogen and oxygen atoms in total. The first-order valence-electron chi connectivity index (χ1n) is 5.80. The first kappa shape index (κ1) is 16.0. The van der Waals surface area contributed by atoms with Gasteiger partial charge in [-0.1, -0.05) is 12.1 Å². The van der Waals surface area contributed by atoms with Crippen LogP contribution in [0.4, 0.5) is 5.69 Å². The van der Waals surface area contributed by atoms with Crippen LogP contribution in [0.1, 0.15) is 15.9 Å². The molecule has 2 aromatic rings. The number of aryl methyl sites for hydroxylation is 1. The van der Waals surface area contributed by atoms with Crippen LogP contribution < -0.4 is 4.57 Å². The van der Waals surface area contributed by atoms with Gasteiger partial charge < -0.3 is 0 Å². The molecule has 0 saturated heterocycles. The molecule has 0 bridgehead atoms. The van der Waals surface area contributed by atoms with Gasteiger partial charge in [0.25, 0.3) is 5.69 Å². The smallest absolute Gasteiger partial charge is 0.280 e. The van der Waals surface area contributed by atoms with Gasteiger partial charge in [0.05, 0.1) is 4.92 Å². The Kier molecular flexibility index (Phi) is 5.52. The van der Waals surface area contributed by atoms with Gasteiger partial charge >= 0.3 is 0 Å². The highest BCUT2D eigenvalue weighted by molar-refractivity contribution is 8.93. The number of hydrogen-bond donors (Lipinski definition) is 0. The largest absolute Gasteiger partial charge is 0.287 e. The molecule has 2 rings (SSSR count). The van der Waals surface area contributed by atoms with E-state index in [2.05, 4.69) is 0 Å². The number of benzene rings is 1. The van der Waals surface area contributed by atoms with Gasteiger partial charge in [-0.25, -0.2) is 0 Å². The van der Waals surface area contributed by atoms with Gasteiger partial charge in [-0.15, -0.1) is 17.0 Å².